The van der Waals surface area contributed by atoms with Gasteiger partial charge in [0.05, 0.1) is 12.7 Å². The number of hydrogen-bond donors (Lipinski definition) is 0. The van der Waals surface area contributed by atoms with Crippen LogP contribution in [0.5, 0.6) is 5.88 Å². The highest BCUT2D eigenvalue weighted by molar-refractivity contribution is 5.63. The van der Waals surface area contributed by atoms with Crippen LogP contribution in [0, 0.1) is 13.8 Å². The summed E-state index contributed by atoms with van der Waals surface area (Å²) in [6, 6.07) is 7.98. The zero-order valence-electron chi connectivity index (χ0n) is 16.6. The first-order valence-electron chi connectivity index (χ1n) is 9.27. The predicted molar refractivity (Wildman–Crippen MR) is 107 cm³/mol. The number of ether oxygens (including phenoxy) is 1. The fourth-order valence-electron chi connectivity index (χ4n) is 2.98. The summed E-state index contributed by atoms with van der Waals surface area (Å²) in [4.78, 5) is 20.7. The van der Waals surface area contributed by atoms with Gasteiger partial charge in [-0.25, -0.2) is 9.67 Å². The Morgan fingerprint density at radius 1 is 1.03 bits per heavy atom. The van der Waals surface area contributed by atoms with Gasteiger partial charge in [0.15, 0.2) is 0 Å². The number of pyridine rings is 2. The van der Waals surface area contributed by atoms with Gasteiger partial charge in [0.1, 0.15) is 11.5 Å². The molecular formula is C21H17F2N5O3. The van der Waals surface area contributed by atoms with Crippen molar-refractivity contribution in [2.75, 3.05) is 0 Å². The third-order valence-corrected chi connectivity index (χ3v) is 4.63. The molecule has 4 aromatic heterocycles. The Morgan fingerprint density at radius 2 is 1.81 bits per heavy atom. The second-order valence-corrected chi connectivity index (χ2v) is 6.76. The Bertz CT molecular complexity index is 1250. The molecule has 0 aliphatic carbocycles. The van der Waals surface area contributed by atoms with Crippen LogP contribution in [-0.4, -0.2) is 31.5 Å². The molecule has 0 atom stereocenters. The van der Waals surface area contributed by atoms with Gasteiger partial charge in [0.25, 0.3) is 5.56 Å². The SMILES string of the molecule is Cc1ccc(-c2noc(C)c2Cn2ncc(-c3ccc(OC(F)F)nc3)cc2=O)cn1. The van der Waals surface area contributed by atoms with E-state index in [0.29, 0.717) is 22.6 Å². The minimum absolute atomic E-state index is 0.164. The first kappa shape index (κ1) is 20.3. The number of aromatic nitrogens is 5. The van der Waals surface area contributed by atoms with Crippen LogP contribution in [0.4, 0.5) is 8.78 Å². The zero-order valence-corrected chi connectivity index (χ0v) is 16.6. The van der Waals surface area contributed by atoms with Gasteiger partial charge in [-0.1, -0.05) is 5.16 Å². The molecule has 4 heterocycles. The van der Waals surface area contributed by atoms with Crippen LogP contribution in [-0.2, 0) is 6.54 Å². The van der Waals surface area contributed by atoms with E-state index in [2.05, 4.69) is 25.0 Å². The molecule has 0 bridgehead atoms. The molecule has 0 aliphatic rings. The minimum Gasteiger partial charge on any atom is -0.417 e. The van der Waals surface area contributed by atoms with Crippen LogP contribution in [0.25, 0.3) is 22.4 Å². The lowest BCUT2D eigenvalue weighted by atomic mass is 10.1. The van der Waals surface area contributed by atoms with Gasteiger partial charge >= 0.3 is 6.61 Å². The van der Waals surface area contributed by atoms with Gasteiger partial charge in [0, 0.05) is 52.5 Å². The average molecular weight is 425 g/mol. The van der Waals surface area contributed by atoms with Crippen molar-refractivity contribution in [3.63, 3.8) is 0 Å². The molecule has 0 aliphatic heterocycles. The molecule has 0 unspecified atom stereocenters. The maximum atomic E-state index is 12.6. The summed E-state index contributed by atoms with van der Waals surface area (Å²) in [5.74, 6) is 0.369. The molecular weight excluding hydrogens is 408 g/mol. The number of hydrogen-bond acceptors (Lipinski definition) is 7. The molecule has 0 spiro atoms. The molecule has 0 aromatic carbocycles. The van der Waals surface area contributed by atoms with Crippen molar-refractivity contribution in [3.8, 4) is 28.3 Å². The largest absolute Gasteiger partial charge is 0.417 e. The van der Waals surface area contributed by atoms with E-state index in [-0.39, 0.29) is 18.0 Å². The molecule has 0 fully saturated rings. The molecule has 31 heavy (non-hydrogen) atoms. The second kappa shape index (κ2) is 8.42. The zero-order chi connectivity index (χ0) is 22.0. The van der Waals surface area contributed by atoms with Gasteiger partial charge in [-0.15, -0.1) is 0 Å². The van der Waals surface area contributed by atoms with Crippen LogP contribution in [0.3, 0.4) is 0 Å². The summed E-state index contributed by atoms with van der Waals surface area (Å²) < 4.78 is 35.3. The number of rotatable bonds is 6. The summed E-state index contributed by atoms with van der Waals surface area (Å²) >= 11 is 0. The third kappa shape index (κ3) is 4.47. The van der Waals surface area contributed by atoms with Crippen molar-refractivity contribution in [1.82, 2.24) is 24.9 Å². The van der Waals surface area contributed by atoms with Crippen molar-refractivity contribution in [2.24, 2.45) is 0 Å². The van der Waals surface area contributed by atoms with Gasteiger partial charge in [-0.2, -0.15) is 13.9 Å². The van der Waals surface area contributed by atoms with E-state index in [0.717, 1.165) is 16.8 Å². The molecule has 0 saturated carbocycles. The maximum Gasteiger partial charge on any atom is 0.388 e. The van der Waals surface area contributed by atoms with E-state index in [9.17, 15) is 13.6 Å². The fourth-order valence-corrected chi connectivity index (χ4v) is 2.98. The van der Waals surface area contributed by atoms with Crippen molar-refractivity contribution in [3.05, 3.63) is 76.3 Å². The molecule has 158 valence electrons. The Morgan fingerprint density at radius 3 is 2.45 bits per heavy atom. The highest BCUT2D eigenvalue weighted by Crippen LogP contribution is 2.25. The first-order chi connectivity index (χ1) is 14.9. The Labute approximate surface area is 175 Å². The molecule has 0 amide bonds. The number of halogens is 2. The topological polar surface area (TPSA) is 95.9 Å². The highest BCUT2D eigenvalue weighted by atomic mass is 19.3. The quantitative estimate of drug-likeness (QED) is 0.465. The summed E-state index contributed by atoms with van der Waals surface area (Å²) in [5, 5.41) is 8.33. The average Bonchev–Trinajstić information content (AvgIpc) is 3.10. The maximum absolute atomic E-state index is 12.6. The summed E-state index contributed by atoms with van der Waals surface area (Å²) in [6.45, 7) is 0.863. The van der Waals surface area contributed by atoms with E-state index >= 15 is 0 Å². The Kier molecular flexibility index (Phi) is 5.52. The number of aryl methyl sites for hydroxylation is 2. The molecule has 4 rings (SSSR count). The van der Waals surface area contributed by atoms with E-state index in [1.165, 1.54) is 35.3 Å². The summed E-state index contributed by atoms with van der Waals surface area (Å²) in [7, 11) is 0. The van der Waals surface area contributed by atoms with E-state index in [1.807, 2.05) is 19.1 Å². The fraction of sp³-hybridized carbons (Fsp3) is 0.190. The standard InChI is InChI=1S/C21H17F2N5O3/c1-12-3-4-15(9-24-12)20-17(13(2)31-27-20)11-28-19(29)7-16(10-26-28)14-5-6-18(25-8-14)30-21(22)23/h3-10,21H,11H2,1-2H3. The van der Waals surface area contributed by atoms with Gasteiger partial charge < -0.3 is 9.26 Å². The van der Waals surface area contributed by atoms with Gasteiger partial charge in [0.2, 0.25) is 5.88 Å². The third-order valence-electron chi connectivity index (χ3n) is 4.63. The van der Waals surface area contributed by atoms with Gasteiger partial charge in [-0.05, 0) is 32.0 Å². The lowest BCUT2D eigenvalue weighted by Crippen LogP contribution is -2.23. The van der Waals surface area contributed by atoms with E-state index < -0.39 is 6.61 Å². The van der Waals surface area contributed by atoms with Crippen molar-refractivity contribution >= 4 is 0 Å². The van der Waals surface area contributed by atoms with Crippen LogP contribution < -0.4 is 10.3 Å². The van der Waals surface area contributed by atoms with E-state index in [4.69, 9.17) is 4.52 Å². The van der Waals surface area contributed by atoms with Crippen molar-refractivity contribution in [2.45, 2.75) is 27.0 Å². The monoisotopic (exact) mass is 425 g/mol. The molecule has 8 nitrogen and oxygen atoms in total. The van der Waals surface area contributed by atoms with Crippen molar-refractivity contribution < 1.29 is 18.0 Å². The Balaban J connectivity index is 1.59. The molecule has 0 radical (unpaired) electrons. The first-order valence-corrected chi connectivity index (χ1v) is 9.27. The molecule has 0 saturated heterocycles. The highest BCUT2D eigenvalue weighted by Gasteiger charge is 2.17. The Hall–Kier alpha value is -3.95. The lowest BCUT2D eigenvalue weighted by molar-refractivity contribution is -0.0528. The van der Waals surface area contributed by atoms with Crippen LogP contribution in [0.1, 0.15) is 17.0 Å². The molecule has 10 heteroatoms. The number of alkyl halides is 2. The van der Waals surface area contributed by atoms with Crippen LogP contribution in [0.15, 0.2) is 58.2 Å². The normalized spacial score (nSPS) is 11.1. The molecule has 4 aromatic rings. The summed E-state index contributed by atoms with van der Waals surface area (Å²) in [5.41, 5.74) is 3.68. The number of nitrogens with zero attached hydrogens (tertiary/aromatic N) is 5. The predicted octanol–water partition coefficient (Wildman–Crippen LogP) is 3.62. The lowest BCUT2D eigenvalue weighted by Gasteiger charge is -2.08. The van der Waals surface area contributed by atoms with E-state index in [1.54, 1.807) is 13.1 Å². The second-order valence-electron chi connectivity index (χ2n) is 6.76. The minimum atomic E-state index is -2.95. The van der Waals surface area contributed by atoms with Gasteiger partial charge in [-0.3, -0.25) is 9.78 Å². The van der Waals surface area contributed by atoms with Crippen LogP contribution >= 0.6 is 0 Å². The smallest absolute Gasteiger partial charge is 0.388 e. The van der Waals surface area contributed by atoms with Crippen molar-refractivity contribution in [1.29, 1.82) is 0 Å². The van der Waals surface area contributed by atoms with Crippen LogP contribution in [0.2, 0.25) is 0 Å². The summed E-state index contributed by atoms with van der Waals surface area (Å²) in [6.07, 6.45) is 4.54. The molecule has 0 N–H and O–H groups in total.